The number of halogens is 1. The highest BCUT2D eigenvalue weighted by molar-refractivity contribution is 6.29. The van der Waals surface area contributed by atoms with Gasteiger partial charge in [-0.3, -0.25) is 0 Å². The number of aromatic nitrogens is 1. The molecule has 0 saturated carbocycles. The third kappa shape index (κ3) is 2.50. The standard InChI is InChI=1S/C11H13ClN2O3/c1-7-6-17-5-4-14(7)10-8(11(15)16)2-3-9(12)13-10/h2-3,7H,4-6H2,1H3,(H,15,16). The van der Waals surface area contributed by atoms with E-state index in [4.69, 9.17) is 21.4 Å². The van der Waals surface area contributed by atoms with Crippen LogP contribution < -0.4 is 4.90 Å². The summed E-state index contributed by atoms with van der Waals surface area (Å²) in [5.74, 6) is -0.580. The average Bonchev–Trinajstić information content (AvgIpc) is 2.29. The first-order chi connectivity index (χ1) is 8.09. The van der Waals surface area contributed by atoms with Crippen molar-refractivity contribution in [3.8, 4) is 0 Å². The Labute approximate surface area is 104 Å². The van der Waals surface area contributed by atoms with Gasteiger partial charge in [0.2, 0.25) is 0 Å². The minimum absolute atomic E-state index is 0.0906. The Hall–Kier alpha value is -1.33. The Balaban J connectivity index is 2.41. The van der Waals surface area contributed by atoms with Crippen LogP contribution in [0.1, 0.15) is 17.3 Å². The van der Waals surface area contributed by atoms with E-state index in [1.807, 2.05) is 11.8 Å². The summed E-state index contributed by atoms with van der Waals surface area (Å²) in [6.07, 6.45) is 0. The zero-order valence-electron chi connectivity index (χ0n) is 9.39. The van der Waals surface area contributed by atoms with E-state index in [-0.39, 0.29) is 11.6 Å². The molecule has 2 heterocycles. The van der Waals surface area contributed by atoms with Gasteiger partial charge in [-0.15, -0.1) is 0 Å². The number of pyridine rings is 1. The van der Waals surface area contributed by atoms with E-state index in [0.29, 0.717) is 30.7 Å². The lowest BCUT2D eigenvalue weighted by atomic mass is 10.2. The van der Waals surface area contributed by atoms with E-state index in [1.54, 1.807) is 0 Å². The number of morpholine rings is 1. The highest BCUT2D eigenvalue weighted by Crippen LogP contribution is 2.24. The van der Waals surface area contributed by atoms with Gasteiger partial charge < -0.3 is 14.7 Å². The van der Waals surface area contributed by atoms with Crippen molar-refractivity contribution in [2.24, 2.45) is 0 Å². The molecule has 0 aromatic carbocycles. The van der Waals surface area contributed by atoms with Crippen LogP contribution in [0.4, 0.5) is 5.82 Å². The molecular weight excluding hydrogens is 244 g/mol. The number of rotatable bonds is 2. The molecule has 0 aliphatic carbocycles. The normalized spacial score (nSPS) is 20.4. The average molecular weight is 257 g/mol. The van der Waals surface area contributed by atoms with Crippen LogP contribution in [-0.2, 0) is 4.74 Å². The topological polar surface area (TPSA) is 62.7 Å². The summed E-state index contributed by atoms with van der Waals surface area (Å²) in [5.41, 5.74) is 0.170. The van der Waals surface area contributed by atoms with Gasteiger partial charge in [-0.2, -0.15) is 0 Å². The summed E-state index contributed by atoms with van der Waals surface area (Å²) in [5, 5.41) is 9.43. The van der Waals surface area contributed by atoms with Gasteiger partial charge in [0.1, 0.15) is 16.5 Å². The zero-order valence-corrected chi connectivity index (χ0v) is 10.1. The van der Waals surface area contributed by atoms with Crippen molar-refractivity contribution in [3.63, 3.8) is 0 Å². The quantitative estimate of drug-likeness (QED) is 0.816. The highest BCUT2D eigenvalue weighted by Gasteiger charge is 2.25. The Morgan fingerprint density at radius 2 is 2.41 bits per heavy atom. The lowest BCUT2D eigenvalue weighted by molar-refractivity contribution is 0.0694. The number of ether oxygens (including phenoxy) is 1. The first-order valence-electron chi connectivity index (χ1n) is 5.34. The third-order valence-electron chi connectivity index (χ3n) is 2.71. The number of anilines is 1. The van der Waals surface area contributed by atoms with Gasteiger partial charge in [-0.05, 0) is 19.1 Å². The maximum atomic E-state index is 11.1. The predicted molar refractivity (Wildman–Crippen MR) is 63.8 cm³/mol. The number of hydrogen-bond acceptors (Lipinski definition) is 4. The lowest BCUT2D eigenvalue weighted by Gasteiger charge is -2.34. The van der Waals surface area contributed by atoms with Crippen LogP contribution in [-0.4, -0.2) is 41.9 Å². The Morgan fingerprint density at radius 3 is 3.06 bits per heavy atom. The molecule has 1 N–H and O–H groups in total. The molecule has 6 heteroatoms. The van der Waals surface area contributed by atoms with E-state index in [1.165, 1.54) is 12.1 Å². The molecular formula is C11H13ClN2O3. The number of hydrogen-bond donors (Lipinski definition) is 1. The first-order valence-corrected chi connectivity index (χ1v) is 5.71. The Bertz CT molecular complexity index is 439. The van der Waals surface area contributed by atoms with Gasteiger partial charge in [-0.25, -0.2) is 9.78 Å². The molecule has 1 atom stereocenters. The van der Waals surface area contributed by atoms with Crippen molar-refractivity contribution >= 4 is 23.4 Å². The van der Waals surface area contributed by atoms with Crippen LogP contribution in [0.2, 0.25) is 5.15 Å². The number of carboxylic acids is 1. The van der Waals surface area contributed by atoms with Crippen molar-refractivity contribution in [1.82, 2.24) is 4.98 Å². The minimum Gasteiger partial charge on any atom is -0.478 e. The molecule has 1 aliphatic heterocycles. The molecule has 92 valence electrons. The number of carboxylic acid groups (broad SMARTS) is 1. The smallest absolute Gasteiger partial charge is 0.339 e. The number of carbonyl (C=O) groups is 1. The van der Waals surface area contributed by atoms with Crippen LogP contribution in [0.5, 0.6) is 0 Å². The summed E-state index contributed by atoms with van der Waals surface area (Å²) < 4.78 is 5.31. The fourth-order valence-corrected chi connectivity index (χ4v) is 2.00. The van der Waals surface area contributed by atoms with Crippen LogP contribution in [0.25, 0.3) is 0 Å². The zero-order chi connectivity index (χ0) is 12.4. The van der Waals surface area contributed by atoms with Crippen molar-refractivity contribution < 1.29 is 14.6 Å². The van der Waals surface area contributed by atoms with Crippen molar-refractivity contribution in [3.05, 3.63) is 22.8 Å². The van der Waals surface area contributed by atoms with Gasteiger partial charge in [0, 0.05) is 6.54 Å². The third-order valence-corrected chi connectivity index (χ3v) is 2.92. The number of aromatic carboxylic acids is 1. The summed E-state index contributed by atoms with van der Waals surface area (Å²) in [6.45, 7) is 3.72. The second-order valence-electron chi connectivity index (χ2n) is 3.93. The van der Waals surface area contributed by atoms with E-state index in [9.17, 15) is 4.79 Å². The molecule has 1 saturated heterocycles. The van der Waals surface area contributed by atoms with Gasteiger partial charge in [0.25, 0.3) is 0 Å². The van der Waals surface area contributed by atoms with E-state index < -0.39 is 5.97 Å². The largest absolute Gasteiger partial charge is 0.478 e. The highest BCUT2D eigenvalue weighted by atomic mass is 35.5. The molecule has 2 rings (SSSR count). The lowest BCUT2D eigenvalue weighted by Crippen LogP contribution is -2.44. The van der Waals surface area contributed by atoms with E-state index in [2.05, 4.69) is 4.98 Å². The van der Waals surface area contributed by atoms with Gasteiger partial charge in [0.15, 0.2) is 0 Å². The molecule has 1 unspecified atom stereocenters. The molecule has 17 heavy (non-hydrogen) atoms. The summed E-state index contributed by atoms with van der Waals surface area (Å²) in [7, 11) is 0. The van der Waals surface area contributed by atoms with Crippen molar-refractivity contribution in [1.29, 1.82) is 0 Å². The maximum absolute atomic E-state index is 11.1. The molecule has 1 aromatic heterocycles. The molecule has 0 amide bonds. The fraction of sp³-hybridized carbons (Fsp3) is 0.455. The SMILES string of the molecule is CC1COCCN1c1nc(Cl)ccc1C(=O)O. The molecule has 1 fully saturated rings. The van der Waals surface area contributed by atoms with Gasteiger partial charge in [0.05, 0.1) is 19.3 Å². The fourth-order valence-electron chi connectivity index (χ4n) is 1.85. The number of nitrogens with zero attached hydrogens (tertiary/aromatic N) is 2. The van der Waals surface area contributed by atoms with Crippen molar-refractivity contribution in [2.75, 3.05) is 24.7 Å². The predicted octanol–water partition coefficient (Wildman–Crippen LogP) is 1.66. The van der Waals surface area contributed by atoms with Crippen LogP contribution in [0.15, 0.2) is 12.1 Å². The van der Waals surface area contributed by atoms with E-state index >= 15 is 0 Å². The molecule has 0 bridgehead atoms. The second-order valence-corrected chi connectivity index (χ2v) is 4.31. The summed E-state index contributed by atoms with van der Waals surface area (Å²) in [4.78, 5) is 17.2. The monoisotopic (exact) mass is 256 g/mol. The van der Waals surface area contributed by atoms with Crippen molar-refractivity contribution in [2.45, 2.75) is 13.0 Å². The Kier molecular flexibility index (Phi) is 3.49. The first kappa shape index (κ1) is 12.1. The minimum atomic E-state index is -0.997. The van der Waals surface area contributed by atoms with Gasteiger partial charge in [-0.1, -0.05) is 11.6 Å². The second kappa shape index (κ2) is 4.89. The molecule has 1 aliphatic rings. The molecule has 5 nitrogen and oxygen atoms in total. The van der Waals surface area contributed by atoms with Crippen LogP contribution >= 0.6 is 11.6 Å². The van der Waals surface area contributed by atoms with Crippen LogP contribution in [0.3, 0.4) is 0 Å². The van der Waals surface area contributed by atoms with Gasteiger partial charge >= 0.3 is 5.97 Å². The summed E-state index contributed by atoms with van der Waals surface area (Å²) in [6, 6.07) is 3.06. The van der Waals surface area contributed by atoms with Crippen LogP contribution in [0, 0.1) is 0 Å². The Morgan fingerprint density at radius 1 is 1.65 bits per heavy atom. The molecule has 0 radical (unpaired) electrons. The molecule has 1 aromatic rings. The summed E-state index contributed by atoms with van der Waals surface area (Å²) >= 11 is 5.83. The molecule has 0 spiro atoms. The maximum Gasteiger partial charge on any atom is 0.339 e. The van der Waals surface area contributed by atoms with E-state index in [0.717, 1.165) is 0 Å².